The highest BCUT2D eigenvalue weighted by Crippen LogP contribution is 2.07. The number of hydrogen-bond donors (Lipinski definition) is 1. The van der Waals surface area contributed by atoms with Gasteiger partial charge in [0.05, 0.1) is 18.0 Å². The molecule has 1 heterocycles. The first-order valence-electron chi connectivity index (χ1n) is 8.35. The van der Waals surface area contributed by atoms with E-state index in [2.05, 4.69) is 26.9 Å². The molecule has 1 rings (SSSR count). The summed E-state index contributed by atoms with van der Waals surface area (Å²) in [4.78, 5) is 16.9. The number of aromatic nitrogens is 2. The van der Waals surface area contributed by atoms with Crippen molar-refractivity contribution in [2.45, 2.75) is 39.2 Å². The third kappa shape index (κ3) is 7.26. The first kappa shape index (κ1) is 19.7. The van der Waals surface area contributed by atoms with Crippen LogP contribution in [0.2, 0.25) is 0 Å². The van der Waals surface area contributed by atoms with Crippen LogP contribution in [-0.2, 0) is 6.54 Å². The summed E-state index contributed by atoms with van der Waals surface area (Å²) in [6, 6.07) is 0. The number of rotatable bonds is 11. The Labute approximate surface area is 143 Å². The Balaban J connectivity index is 2.45. The van der Waals surface area contributed by atoms with Gasteiger partial charge in [-0.1, -0.05) is 12.5 Å². The lowest BCUT2D eigenvalue weighted by atomic mass is 10.2. The average Bonchev–Trinajstić information content (AvgIpc) is 3.03. The van der Waals surface area contributed by atoms with Gasteiger partial charge in [-0.3, -0.25) is 19.8 Å². The van der Waals surface area contributed by atoms with Gasteiger partial charge in [-0.2, -0.15) is 5.10 Å². The predicted octanol–water partition coefficient (Wildman–Crippen LogP) is 2.44. The number of nitrogens with one attached hydrogen (secondary N) is 1. The minimum absolute atomic E-state index is 0.00234. The normalized spacial score (nSPS) is 11.3. The molecule has 0 amide bonds. The van der Waals surface area contributed by atoms with Crippen molar-refractivity contribution in [3.8, 4) is 0 Å². The molecule has 1 aromatic rings. The average molecular weight is 336 g/mol. The summed E-state index contributed by atoms with van der Waals surface area (Å²) in [6.07, 6.45) is 9.15. The van der Waals surface area contributed by atoms with Crippen LogP contribution >= 0.6 is 0 Å². The second-order valence-corrected chi connectivity index (χ2v) is 5.51. The molecular weight excluding hydrogens is 308 g/mol. The quantitative estimate of drug-likeness (QED) is 0.167. The molecule has 8 heteroatoms. The van der Waals surface area contributed by atoms with E-state index in [0.717, 1.165) is 31.9 Å². The molecule has 134 valence electrons. The minimum atomic E-state index is -0.447. The van der Waals surface area contributed by atoms with Gasteiger partial charge >= 0.3 is 5.69 Å². The van der Waals surface area contributed by atoms with Crippen LogP contribution in [0.4, 0.5) is 5.69 Å². The van der Waals surface area contributed by atoms with E-state index in [0.29, 0.717) is 13.1 Å². The molecule has 8 nitrogen and oxygen atoms in total. The Bertz CT molecular complexity index is 540. The summed E-state index contributed by atoms with van der Waals surface area (Å²) in [5.74, 6) is 0.850. The van der Waals surface area contributed by atoms with E-state index < -0.39 is 4.92 Å². The second kappa shape index (κ2) is 11.2. The lowest BCUT2D eigenvalue weighted by Crippen LogP contribution is -2.39. The number of nitrogens with zero attached hydrogens (tertiary/aromatic N) is 5. The molecule has 0 radical (unpaired) electrons. The molecule has 0 spiro atoms. The lowest BCUT2D eigenvalue weighted by Gasteiger charge is -2.22. The smallest absolute Gasteiger partial charge is 0.306 e. The maximum atomic E-state index is 10.6. The zero-order valence-corrected chi connectivity index (χ0v) is 14.6. The van der Waals surface area contributed by atoms with Crippen molar-refractivity contribution in [3.63, 3.8) is 0 Å². The van der Waals surface area contributed by atoms with Crippen LogP contribution in [0.15, 0.2) is 30.0 Å². The monoisotopic (exact) mass is 336 g/mol. The van der Waals surface area contributed by atoms with Gasteiger partial charge < -0.3 is 10.2 Å². The Hall–Kier alpha value is -2.38. The Morgan fingerprint density at radius 1 is 1.54 bits per heavy atom. The van der Waals surface area contributed by atoms with Gasteiger partial charge in [0.15, 0.2) is 5.96 Å². The van der Waals surface area contributed by atoms with Crippen molar-refractivity contribution >= 4 is 11.6 Å². The van der Waals surface area contributed by atoms with Gasteiger partial charge in [-0.15, -0.1) is 6.58 Å². The maximum Gasteiger partial charge on any atom is 0.306 e. The number of unbranched alkanes of at least 4 members (excludes halogenated alkanes) is 3. The molecule has 0 aliphatic heterocycles. The van der Waals surface area contributed by atoms with Crippen LogP contribution in [-0.4, -0.2) is 52.2 Å². The van der Waals surface area contributed by atoms with E-state index in [9.17, 15) is 10.1 Å². The fourth-order valence-corrected chi connectivity index (χ4v) is 2.22. The molecule has 24 heavy (non-hydrogen) atoms. The highest BCUT2D eigenvalue weighted by Gasteiger charge is 2.09. The van der Waals surface area contributed by atoms with Crippen molar-refractivity contribution in [1.29, 1.82) is 0 Å². The summed E-state index contributed by atoms with van der Waals surface area (Å²) < 4.78 is 1.54. The van der Waals surface area contributed by atoms with Gasteiger partial charge in [-0.25, -0.2) is 0 Å². The number of hydrogen-bond acceptors (Lipinski definition) is 4. The van der Waals surface area contributed by atoms with Crippen LogP contribution in [0.5, 0.6) is 0 Å². The summed E-state index contributed by atoms with van der Waals surface area (Å²) >= 11 is 0. The third-order valence-corrected chi connectivity index (χ3v) is 3.52. The molecular formula is C16H28N6O2. The summed E-state index contributed by atoms with van der Waals surface area (Å²) in [5, 5.41) is 17.9. The van der Waals surface area contributed by atoms with Crippen molar-refractivity contribution in [2.75, 3.05) is 26.7 Å². The molecule has 1 aromatic heterocycles. The molecule has 0 unspecified atom stereocenters. The lowest BCUT2D eigenvalue weighted by molar-refractivity contribution is -0.385. The molecule has 0 aromatic carbocycles. The van der Waals surface area contributed by atoms with E-state index >= 15 is 0 Å². The molecule has 0 aliphatic carbocycles. The first-order chi connectivity index (χ1) is 11.6. The Morgan fingerprint density at radius 3 is 2.96 bits per heavy atom. The zero-order chi connectivity index (χ0) is 17.8. The van der Waals surface area contributed by atoms with E-state index in [-0.39, 0.29) is 5.69 Å². The van der Waals surface area contributed by atoms with Crippen LogP contribution in [0.1, 0.15) is 32.6 Å². The van der Waals surface area contributed by atoms with Crippen molar-refractivity contribution in [2.24, 2.45) is 4.99 Å². The number of allylic oxidation sites excluding steroid dienone is 1. The number of aliphatic imine (C=N–C) groups is 1. The fourth-order valence-electron chi connectivity index (χ4n) is 2.22. The Morgan fingerprint density at radius 2 is 2.33 bits per heavy atom. The van der Waals surface area contributed by atoms with Gasteiger partial charge in [0.25, 0.3) is 0 Å². The van der Waals surface area contributed by atoms with Crippen molar-refractivity contribution < 1.29 is 4.92 Å². The highest BCUT2D eigenvalue weighted by atomic mass is 16.6. The maximum absolute atomic E-state index is 10.6. The standard InChI is InChI=1S/C16H28N6O2/c1-4-6-7-8-9-11-20(3)16(17-5-2)18-10-12-21-14-15(13-19-21)22(23)24/h4,13-14H,1,5-12H2,2-3H3,(H,17,18). The first-order valence-corrected chi connectivity index (χ1v) is 8.35. The molecule has 0 fully saturated rings. The molecule has 0 aliphatic rings. The number of guanidine groups is 1. The van der Waals surface area contributed by atoms with Crippen LogP contribution < -0.4 is 5.32 Å². The van der Waals surface area contributed by atoms with Crippen LogP contribution in [0, 0.1) is 10.1 Å². The summed E-state index contributed by atoms with van der Waals surface area (Å²) in [6.45, 7) is 8.53. The highest BCUT2D eigenvalue weighted by molar-refractivity contribution is 5.79. The molecule has 0 saturated heterocycles. The topological polar surface area (TPSA) is 88.6 Å². The summed E-state index contributed by atoms with van der Waals surface area (Å²) in [7, 11) is 2.02. The van der Waals surface area contributed by atoms with Crippen molar-refractivity contribution in [1.82, 2.24) is 20.0 Å². The molecule has 0 atom stereocenters. The summed E-state index contributed by atoms with van der Waals surface area (Å²) in [5.41, 5.74) is 0.00234. The zero-order valence-electron chi connectivity index (χ0n) is 14.6. The van der Waals surface area contributed by atoms with Crippen molar-refractivity contribution in [3.05, 3.63) is 35.2 Å². The Kier molecular flexibility index (Phi) is 9.18. The predicted molar refractivity (Wildman–Crippen MR) is 96.2 cm³/mol. The third-order valence-electron chi connectivity index (χ3n) is 3.52. The van der Waals surface area contributed by atoms with Gasteiger partial charge in [0.2, 0.25) is 0 Å². The largest absolute Gasteiger partial charge is 0.357 e. The van der Waals surface area contributed by atoms with Gasteiger partial charge in [0, 0.05) is 20.1 Å². The van der Waals surface area contributed by atoms with E-state index in [1.807, 2.05) is 20.0 Å². The molecule has 0 bridgehead atoms. The van der Waals surface area contributed by atoms with E-state index in [1.54, 1.807) is 4.68 Å². The van der Waals surface area contributed by atoms with Gasteiger partial charge in [-0.05, 0) is 26.2 Å². The van der Waals surface area contributed by atoms with E-state index in [4.69, 9.17) is 0 Å². The number of nitro groups is 1. The SMILES string of the molecule is C=CCCCCCN(C)C(=NCCn1cc([N+](=O)[O-])cn1)NCC. The van der Waals surface area contributed by atoms with Gasteiger partial charge in [0.1, 0.15) is 12.4 Å². The molecule has 0 saturated carbocycles. The van der Waals surface area contributed by atoms with E-state index in [1.165, 1.54) is 25.2 Å². The van der Waals surface area contributed by atoms with Crippen LogP contribution in [0.3, 0.4) is 0 Å². The van der Waals surface area contributed by atoms with Crippen LogP contribution in [0.25, 0.3) is 0 Å². The second-order valence-electron chi connectivity index (χ2n) is 5.51. The molecule has 1 N–H and O–H groups in total. The fraction of sp³-hybridized carbons (Fsp3) is 0.625. The minimum Gasteiger partial charge on any atom is -0.357 e.